The molecule has 3 nitrogen and oxygen atoms in total. The molecular formula is C15H25BrNO2+. The van der Waals surface area contributed by atoms with Crippen molar-refractivity contribution in [1.82, 2.24) is 0 Å². The van der Waals surface area contributed by atoms with E-state index in [-0.39, 0.29) is 0 Å². The van der Waals surface area contributed by atoms with Gasteiger partial charge in [-0.2, -0.15) is 0 Å². The molecule has 19 heavy (non-hydrogen) atoms. The van der Waals surface area contributed by atoms with Crippen molar-refractivity contribution in [2.45, 2.75) is 33.2 Å². The van der Waals surface area contributed by atoms with Gasteiger partial charge in [0, 0.05) is 4.47 Å². The summed E-state index contributed by atoms with van der Waals surface area (Å²) in [6.45, 7) is 9.53. The normalized spacial score (nSPS) is 12.4. The molecule has 0 bridgehead atoms. The fraction of sp³-hybridized carbons (Fsp3) is 0.600. The number of rotatable bonds is 9. The van der Waals surface area contributed by atoms with E-state index in [1.807, 2.05) is 19.1 Å². The van der Waals surface area contributed by atoms with Crippen molar-refractivity contribution in [3.05, 3.63) is 28.2 Å². The lowest BCUT2D eigenvalue weighted by atomic mass is 10.2. The van der Waals surface area contributed by atoms with E-state index in [0.29, 0.717) is 19.3 Å². The standard InChI is InChI=1S/C15H24BrNO2/c1-4-13(3)17-7-8-18-9-10-19-15-6-5-14(16)11-12(15)2/h5-6,11,13,17H,4,7-10H2,1-3H3/p+1/t13-/m1/s1. The van der Waals surface area contributed by atoms with Gasteiger partial charge in [0.2, 0.25) is 0 Å². The first-order chi connectivity index (χ1) is 9.13. The van der Waals surface area contributed by atoms with Gasteiger partial charge in [-0.3, -0.25) is 0 Å². The van der Waals surface area contributed by atoms with Crippen LogP contribution in [0.2, 0.25) is 0 Å². The van der Waals surface area contributed by atoms with Crippen LogP contribution in [-0.4, -0.2) is 32.4 Å². The summed E-state index contributed by atoms with van der Waals surface area (Å²) >= 11 is 3.44. The minimum absolute atomic E-state index is 0.603. The van der Waals surface area contributed by atoms with Crippen LogP contribution in [0.4, 0.5) is 0 Å². The van der Waals surface area contributed by atoms with Crippen molar-refractivity contribution in [2.75, 3.05) is 26.4 Å². The average molecular weight is 331 g/mol. The van der Waals surface area contributed by atoms with Crippen molar-refractivity contribution in [1.29, 1.82) is 0 Å². The molecule has 1 aromatic rings. The van der Waals surface area contributed by atoms with E-state index < -0.39 is 0 Å². The zero-order valence-electron chi connectivity index (χ0n) is 12.1. The highest BCUT2D eigenvalue weighted by molar-refractivity contribution is 9.10. The summed E-state index contributed by atoms with van der Waals surface area (Å²) in [7, 11) is 0. The Morgan fingerprint density at radius 1 is 1.26 bits per heavy atom. The minimum atomic E-state index is 0.603. The molecule has 1 rings (SSSR count). The highest BCUT2D eigenvalue weighted by Gasteiger charge is 2.01. The zero-order chi connectivity index (χ0) is 14.1. The van der Waals surface area contributed by atoms with Crippen LogP contribution in [0.5, 0.6) is 5.75 Å². The van der Waals surface area contributed by atoms with Gasteiger partial charge in [0.05, 0.1) is 25.8 Å². The van der Waals surface area contributed by atoms with Gasteiger partial charge >= 0.3 is 0 Å². The lowest BCUT2D eigenvalue weighted by molar-refractivity contribution is -0.687. The van der Waals surface area contributed by atoms with Gasteiger partial charge in [-0.1, -0.05) is 22.9 Å². The summed E-state index contributed by atoms with van der Waals surface area (Å²) in [4.78, 5) is 0. The third-order valence-corrected chi connectivity index (χ3v) is 3.59. The van der Waals surface area contributed by atoms with Gasteiger partial charge in [0.15, 0.2) is 0 Å². The predicted molar refractivity (Wildman–Crippen MR) is 81.7 cm³/mol. The Kier molecular flexibility index (Phi) is 8.10. The summed E-state index contributed by atoms with van der Waals surface area (Å²) < 4.78 is 12.3. The van der Waals surface area contributed by atoms with E-state index in [4.69, 9.17) is 9.47 Å². The molecule has 2 N–H and O–H groups in total. The number of benzene rings is 1. The number of halogens is 1. The molecule has 1 aromatic carbocycles. The number of hydrogen-bond acceptors (Lipinski definition) is 2. The molecule has 0 fully saturated rings. The molecule has 0 spiro atoms. The second-order valence-corrected chi connectivity index (χ2v) is 5.70. The first-order valence-electron chi connectivity index (χ1n) is 6.93. The predicted octanol–water partition coefficient (Wildman–Crippen LogP) is 2.51. The molecule has 1 atom stereocenters. The second-order valence-electron chi connectivity index (χ2n) is 4.78. The number of nitrogens with two attached hydrogens (primary N) is 1. The van der Waals surface area contributed by atoms with Crippen LogP contribution < -0.4 is 10.1 Å². The first kappa shape index (κ1) is 16.5. The summed E-state index contributed by atoms with van der Waals surface area (Å²) in [5.41, 5.74) is 1.14. The molecule has 0 heterocycles. The highest BCUT2D eigenvalue weighted by atomic mass is 79.9. The van der Waals surface area contributed by atoms with Crippen LogP contribution in [0.25, 0.3) is 0 Å². The Bertz CT molecular complexity index is 371. The van der Waals surface area contributed by atoms with E-state index in [1.165, 1.54) is 6.42 Å². The third-order valence-electron chi connectivity index (χ3n) is 3.10. The minimum Gasteiger partial charge on any atom is -0.491 e. The zero-order valence-corrected chi connectivity index (χ0v) is 13.7. The lowest BCUT2D eigenvalue weighted by Crippen LogP contribution is -2.90. The molecular weight excluding hydrogens is 306 g/mol. The van der Waals surface area contributed by atoms with Crippen molar-refractivity contribution >= 4 is 15.9 Å². The maximum absolute atomic E-state index is 5.68. The molecule has 108 valence electrons. The van der Waals surface area contributed by atoms with Crippen molar-refractivity contribution in [3.63, 3.8) is 0 Å². The average Bonchev–Trinajstić information content (AvgIpc) is 2.39. The molecule has 0 aliphatic carbocycles. The Hall–Kier alpha value is -0.580. The van der Waals surface area contributed by atoms with Gasteiger partial charge in [0.1, 0.15) is 12.4 Å². The maximum atomic E-state index is 5.68. The number of quaternary nitrogens is 1. The van der Waals surface area contributed by atoms with Crippen molar-refractivity contribution in [2.24, 2.45) is 0 Å². The quantitative estimate of drug-likeness (QED) is 0.706. The number of hydrogen-bond donors (Lipinski definition) is 1. The molecule has 0 saturated carbocycles. The van der Waals surface area contributed by atoms with Gasteiger partial charge in [-0.05, 0) is 44.0 Å². The highest BCUT2D eigenvalue weighted by Crippen LogP contribution is 2.21. The number of aryl methyl sites for hydroxylation is 1. The van der Waals surface area contributed by atoms with Crippen molar-refractivity contribution in [3.8, 4) is 5.75 Å². The van der Waals surface area contributed by atoms with Gasteiger partial charge in [-0.15, -0.1) is 0 Å². The Balaban J connectivity index is 2.07. The van der Waals surface area contributed by atoms with Gasteiger partial charge in [0.25, 0.3) is 0 Å². The molecule has 0 aliphatic heterocycles. The molecule has 0 amide bonds. The van der Waals surface area contributed by atoms with Crippen LogP contribution >= 0.6 is 15.9 Å². The van der Waals surface area contributed by atoms with Crippen LogP contribution in [0.1, 0.15) is 25.8 Å². The number of ether oxygens (including phenoxy) is 2. The summed E-state index contributed by atoms with van der Waals surface area (Å²) in [6, 6.07) is 6.71. The Morgan fingerprint density at radius 3 is 2.74 bits per heavy atom. The first-order valence-corrected chi connectivity index (χ1v) is 7.72. The molecule has 0 aromatic heterocycles. The summed E-state index contributed by atoms with van der Waals surface area (Å²) in [6.07, 6.45) is 1.20. The smallest absolute Gasteiger partial charge is 0.122 e. The van der Waals surface area contributed by atoms with E-state index >= 15 is 0 Å². The molecule has 0 saturated heterocycles. The second kappa shape index (κ2) is 9.34. The molecule has 0 aliphatic rings. The maximum Gasteiger partial charge on any atom is 0.122 e. The Labute approximate surface area is 124 Å². The van der Waals surface area contributed by atoms with Crippen LogP contribution in [-0.2, 0) is 4.74 Å². The third kappa shape index (κ3) is 6.95. The Morgan fingerprint density at radius 2 is 2.05 bits per heavy atom. The van der Waals surface area contributed by atoms with Crippen LogP contribution in [0.3, 0.4) is 0 Å². The summed E-state index contributed by atoms with van der Waals surface area (Å²) in [5, 5.41) is 2.32. The van der Waals surface area contributed by atoms with E-state index in [0.717, 1.165) is 28.9 Å². The molecule has 4 heteroatoms. The molecule has 0 unspecified atom stereocenters. The largest absolute Gasteiger partial charge is 0.491 e. The fourth-order valence-electron chi connectivity index (χ4n) is 1.69. The monoisotopic (exact) mass is 330 g/mol. The summed E-state index contributed by atoms with van der Waals surface area (Å²) in [5.74, 6) is 0.929. The topological polar surface area (TPSA) is 35.1 Å². The lowest BCUT2D eigenvalue weighted by Gasteiger charge is -2.10. The SMILES string of the molecule is CC[C@@H](C)[NH2+]CCOCCOc1ccc(Br)cc1C. The molecule has 0 radical (unpaired) electrons. The van der Waals surface area contributed by atoms with Gasteiger partial charge in [-0.25, -0.2) is 0 Å². The van der Waals surface area contributed by atoms with Crippen molar-refractivity contribution < 1.29 is 14.8 Å². The fourth-order valence-corrected chi connectivity index (χ4v) is 2.17. The van der Waals surface area contributed by atoms with E-state index in [9.17, 15) is 0 Å². The van der Waals surface area contributed by atoms with E-state index in [2.05, 4.69) is 41.2 Å². The van der Waals surface area contributed by atoms with Gasteiger partial charge < -0.3 is 14.8 Å². The van der Waals surface area contributed by atoms with Crippen LogP contribution in [0.15, 0.2) is 22.7 Å². The van der Waals surface area contributed by atoms with E-state index in [1.54, 1.807) is 0 Å². The van der Waals surface area contributed by atoms with Crippen LogP contribution in [0, 0.1) is 6.92 Å².